The van der Waals surface area contributed by atoms with Gasteiger partial charge >= 0.3 is 5.97 Å². The fraction of sp³-hybridized carbons (Fsp3) is 0.304. The van der Waals surface area contributed by atoms with Crippen molar-refractivity contribution in [2.75, 3.05) is 13.6 Å². The van der Waals surface area contributed by atoms with E-state index in [4.69, 9.17) is 32.8 Å². The molecule has 8 heteroatoms. The first-order valence-corrected chi connectivity index (χ1v) is 8.99. The van der Waals surface area contributed by atoms with Gasteiger partial charge in [0.1, 0.15) is 17.1 Å². The number of pyridine rings is 1. The second-order valence-corrected chi connectivity index (χ2v) is 6.85. The number of hydrogen-bond acceptors (Lipinski definition) is 4. The van der Waals surface area contributed by atoms with E-state index in [0.717, 1.165) is 6.07 Å². The Morgan fingerprint density at radius 2 is 2.16 bits per heavy atom. The molecular weight excluding hydrogens is 425 g/mol. The van der Waals surface area contributed by atoms with E-state index in [1.807, 2.05) is 0 Å². The van der Waals surface area contributed by atoms with Crippen LogP contribution in [0.15, 0.2) is 41.3 Å². The molecule has 0 unspecified atom stereocenters. The Bertz CT molecular complexity index is 1620. The van der Waals surface area contributed by atoms with Crippen molar-refractivity contribution in [1.29, 1.82) is 0 Å². The number of aromatic nitrogens is 1. The number of aromatic carboxylic acids is 1. The number of carboxylic acid groups (broad SMARTS) is 1. The summed E-state index contributed by atoms with van der Waals surface area (Å²) in [5.41, 5.74) is -3.61. The third kappa shape index (κ3) is 4.29. The molecule has 2 N–H and O–H groups in total. The molecule has 0 bridgehead atoms. The summed E-state index contributed by atoms with van der Waals surface area (Å²) in [6.07, 6.45) is -0.210. The van der Waals surface area contributed by atoms with Crippen LogP contribution in [-0.2, 0) is 6.42 Å². The van der Waals surface area contributed by atoms with E-state index in [-0.39, 0.29) is 26.9 Å². The molecule has 0 aliphatic heterocycles. The van der Waals surface area contributed by atoms with Crippen molar-refractivity contribution >= 4 is 28.5 Å². The summed E-state index contributed by atoms with van der Waals surface area (Å²) in [5.74, 6) is -6.56. The molecule has 0 aliphatic rings. The van der Waals surface area contributed by atoms with Gasteiger partial charge in [0.15, 0.2) is 0 Å². The van der Waals surface area contributed by atoms with Crippen molar-refractivity contribution in [2.45, 2.75) is 26.1 Å². The quantitative estimate of drug-likeness (QED) is 0.550. The molecule has 3 aromatic rings. The number of carboxylic acids is 1. The van der Waals surface area contributed by atoms with Gasteiger partial charge in [0.2, 0.25) is 5.43 Å². The van der Waals surface area contributed by atoms with Crippen LogP contribution in [-0.4, -0.2) is 34.3 Å². The van der Waals surface area contributed by atoms with Crippen molar-refractivity contribution in [3.63, 3.8) is 0 Å². The summed E-state index contributed by atoms with van der Waals surface area (Å²) in [5, 5.41) is 19.3. The molecule has 164 valence electrons. The Hall–Kier alpha value is -2.90. The molecule has 0 radical (unpaired) electrons. The standard InChI is InChI=1S/C23H23ClFNO5/c1-12(2)19(11-27)26-10-16(23(29)30)22(28)15-8-14(20(31-3)9-18(15)26)7-13-5-4-6-17(24)21(13)25/h4-6,8-10,12,19,27H,7,11H2,1-3H3,(H,29,30)/t19-/m1/s1/i1D3,2D3,3D3,11D2,19D. The lowest BCUT2D eigenvalue weighted by atomic mass is 9.98. The molecule has 1 atom stereocenters. The molecule has 0 saturated heterocycles. The second kappa shape index (κ2) is 9.08. The highest BCUT2D eigenvalue weighted by atomic mass is 35.5. The minimum absolute atomic E-state index is 0.122. The van der Waals surface area contributed by atoms with Crippen molar-refractivity contribution in [3.05, 3.63) is 74.3 Å². The molecular formula is C23H23ClFNO5. The molecule has 0 fully saturated rings. The molecule has 0 spiro atoms. The molecule has 2 aromatic carbocycles. The Morgan fingerprint density at radius 3 is 2.81 bits per heavy atom. The number of benzene rings is 2. The molecule has 1 aromatic heterocycles. The molecule has 1 heterocycles. The predicted molar refractivity (Wildman–Crippen MR) is 117 cm³/mol. The number of nitrogens with zero attached hydrogens (tertiary/aromatic N) is 1. The van der Waals surface area contributed by atoms with E-state index < -0.39 is 85.1 Å². The number of carbonyl (C=O) groups is 1. The summed E-state index contributed by atoms with van der Waals surface area (Å²) in [6, 6.07) is 1.61. The maximum absolute atomic E-state index is 14.8. The molecule has 31 heavy (non-hydrogen) atoms. The Labute approximate surface area is 200 Å². The number of methoxy groups -OCH3 is 1. The van der Waals surface area contributed by atoms with E-state index in [1.54, 1.807) is 0 Å². The summed E-state index contributed by atoms with van der Waals surface area (Å²) in [7, 11) is -3.20. The minimum atomic E-state index is -4.05. The number of rotatable bonds is 7. The van der Waals surface area contributed by atoms with Gasteiger partial charge in [-0.3, -0.25) is 4.79 Å². The number of fused-ring (bicyclic) bond motifs is 1. The zero-order valence-electron chi connectivity index (χ0n) is 27.6. The largest absolute Gasteiger partial charge is 0.496 e. The average molecular weight is 460 g/mol. The van der Waals surface area contributed by atoms with Crippen LogP contribution in [0.1, 0.15) is 57.7 Å². The maximum Gasteiger partial charge on any atom is 0.341 e. The lowest BCUT2D eigenvalue weighted by molar-refractivity contribution is 0.0694. The van der Waals surface area contributed by atoms with Gasteiger partial charge in [-0.1, -0.05) is 37.4 Å². The van der Waals surface area contributed by atoms with Crippen molar-refractivity contribution in [3.8, 4) is 5.75 Å². The number of halogens is 2. The third-order valence-electron chi connectivity index (χ3n) is 4.59. The Balaban J connectivity index is 2.60. The summed E-state index contributed by atoms with van der Waals surface area (Å²) in [4.78, 5) is 25.4. The van der Waals surface area contributed by atoms with Crippen LogP contribution < -0.4 is 10.2 Å². The van der Waals surface area contributed by atoms with Gasteiger partial charge in [-0.2, -0.15) is 0 Å². The average Bonchev–Trinajstić information content (AvgIpc) is 2.79. The normalized spacial score (nSPS) is 20.8. The SMILES string of the molecule is [2H]C([2H])([2H])Oc1cc2c(cc1Cc1cccc(Cl)c1F)c(=O)c(C(=O)O)cn2[C@@]([2H])(C(C([2H])([2H])[2H])C([2H])([2H])[2H])C([2H])([2H])O. The summed E-state index contributed by atoms with van der Waals surface area (Å²) < 4.78 is 114. The van der Waals surface area contributed by atoms with Gasteiger partial charge in [0, 0.05) is 32.3 Å². The second-order valence-electron chi connectivity index (χ2n) is 6.45. The van der Waals surface area contributed by atoms with E-state index >= 15 is 0 Å². The highest BCUT2D eigenvalue weighted by Crippen LogP contribution is 2.31. The molecule has 0 amide bonds. The fourth-order valence-corrected chi connectivity index (χ4v) is 3.32. The first-order valence-electron chi connectivity index (χ1n) is 14.6. The molecule has 0 aliphatic carbocycles. The van der Waals surface area contributed by atoms with Crippen LogP contribution in [0.25, 0.3) is 10.9 Å². The first-order chi connectivity index (χ1) is 19.3. The van der Waals surface area contributed by atoms with Gasteiger partial charge in [-0.05, 0) is 29.2 Å². The van der Waals surface area contributed by atoms with Crippen LogP contribution in [0.5, 0.6) is 5.75 Å². The van der Waals surface area contributed by atoms with E-state index in [0.29, 0.717) is 6.07 Å². The Morgan fingerprint density at radius 1 is 1.39 bits per heavy atom. The van der Waals surface area contributed by atoms with Crippen LogP contribution in [0.2, 0.25) is 5.02 Å². The maximum atomic E-state index is 14.8. The number of ether oxygens (including phenoxy) is 1. The topological polar surface area (TPSA) is 88.8 Å². The van der Waals surface area contributed by atoms with Crippen molar-refractivity contribution < 1.29 is 40.6 Å². The zero-order chi connectivity index (χ0) is 33.1. The van der Waals surface area contributed by atoms with E-state index in [1.165, 1.54) is 18.2 Å². The van der Waals surface area contributed by atoms with Gasteiger partial charge < -0.3 is 19.5 Å². The highest BCUT2D eigenvalue weighted by molar-refractivity contribution is 6.30. The van der Waals surface area contributed by atoms with Gasteiger partial charge in [-0.15, -0.1) is 0 Å². The molecule has 0 saturated carbocycles. The number of hydrogen-bond donors (Lipinski definition) is 2. The lowest BCUT2D eigenvalue weighted by Gasteiger charge is -2.25. The van der Waals surface area contributed by atoms with Crippen LogP contribution in [0, 0.1) is 11.7 Å². The Kier molecular flexibility index (Phi) is 3.41. The monoisotopic (exact) mass is 459 g/mol. The summed E-state index contributed by atoms with van der Waals surface area (Å²) in [6.45, 7) is -11.4. The van der Waals surface area contributed by atoms with E-state index in [2.05, 4.69) is 0 Å². The molecule has 6 nitrogen and oxygen atoms in total. The highest BCUT2D eigenvalue weighted by Gasteiger charge is 2.23. The van der Waals surface area contributed by atoms with Crippen LogP contribution >= 0.6 is 11.6 Å². The predicted octanol–water partition coefficient (Wildman–Crippen LogP) is 4.28. The van der Waals surface area contributed by atoms with Gasteiger partial charge in [-0.25, -0.2) is 9.18 Å². The smallest absolute Gasteiger partial charge is 0.341 e. The first kappa shape index (κ1) is 11.6. The van der Waals surface area contributed by atoms with E-state index in [9.17, 15) is 24.2 Å². The van der Waals surface area contributed by atoms with Gasteiger partial charge in [0.25, 0.3) is 0 Å². The van der Waals surface area contributed by atoms with Crippen molar-refractivity contribution in [1.82, 2.24) is 4.57 Å². The van der Waals surface area contributed by atoms with Crippen LogP contribution in [0.3, 0.4) is 0 Å². The zero-order valence-corrected chi connectivity index (χ0v) is 16.3. The van der Waals surface area contributed by atoms with Gasteiger partial charge in [0.05, 0.1) is 38.4 Å². The lowest BCUT2D eigenvalue weighted by Crippen LogP contribution is -2.25. The van der Waals surface area contributed by atoms with Crippen LogP contribution in [0.4, 0.5) is 4.39 Å². The number of aliphatic hydroxyl groups is 1. The molecule has 3 rings (SSSR count). The summed E-state index contributed by atoms with van der Waals surface area (Å²) >= 11 is 5.83. The minimum Gasteiger partial charge on any atom is -0.496 e. The fourth-order valence-electron chi connectivity index (χ4n) is 3.13. The third-order valence-corrected chi connectivity index (χ3v) is 4.88. The van der Waals surface area contributed by atoms with Crippen molar-refractivity contribution in [2.24, 2.45) is 5.92 Å².